The molecule has 5 nitrogen and oxygen atoms in total. The quantitative estimate of drug-likeness (QED) is 0.459. The second-order valence-electron chi connectivity index (χ2n) is 6.87. The van der Waals surface area contributed by atoms with E-state index in [1.165, 1.54) is 5.56 Å². The summed E-state index contributed by atoms with van der Waals surface area (Å²) in [4.78, 5) is 2.46. The molecule has 2 aromatic rings. The summed E-state index contributed by atoms with van der Waals surface area (Å²) in [6, 6.07) is 14.3. The number of rotatable bonds is 10. The van der Waals surface area contributed by atoms with Crippen molar-refractivity contribution < 1.29 is 14.2 Å². The van der Waals surface area contributed by atoms with Crippen LogP contribution in [0.3, 0.4) is 0 Å². The lowest BCUT2D eigenvalue weighted by Gasteiger charge is -2.26. The lowest BCUT2D eigenvalue weighted by molar-refractivity contribution is 0.0374. The lowest BCUT2D eigenvalue weighted by atomic mass is 10.2. The molecular weight excluding hydrogens is 491 g/mol. The molecule has 1 saturated heterocycles. The van der Waals surface area contributed by atoms with Crippen molar-refractivity contribution in [2.75, 3.05) is 46.5 Å². The second kappa shape index (κ2) is 14.9. The van der Waals surface area contributed by atoms with Crippen molar-refractivity contribution in [3.05, 3.63) is 58.1 Å². The van der Waals surface area contributed by atoms with Gasteiger partial charge in [-0.25, -0.2) is 0 Å². The molecule has 0 unspecified atom stereocenters. The molecule has 1 aliphatic heterocycles. The zero-order valence-electron chi connectivity index (χ0n) is 17.3. The topological polar surface area (TPSA) is 43.0 Å². The van der Waals surface area contributed by atoms with Gasteiger partial charge in [-0.3, -0.25) is 4.90 Å². The predicted molar refractivity (Wildman–Crippen MR) is 130 cm³/mol. The summed E-state index contributed by atoms with van der Waals surface area (Å²) in [5, 5.41) is 3.52. The number of morpholine rings is 1. The smallest absolute Gasteiger partial charge is 0.175 e. The maximum absolute atomic E-state index is 6.00. The molecule has 1 N–H and O–H groups in total. The molecule has 1 aliphatic rings. The monoisotopic (exact) mass is 520 g/mol. The standard InChI is InChI=1S/C22H29BrN2O3.2ClH/c1-26-21-15-19(16-24-8-5-9-25-10-12-27-13-11-25)14-20(23)22(21)28-17-18-6-3-2-4-7-18;;/h2-4,6-7,14-15,24H,5,8-13,16-17H2,1H3;2*1H. The summed E-state index contributed by atoms with van der Waals surface area (Å²) >= 11 is 3.64. The Morgan fingerprint density at radius 2 is 1.80 bits per heavy atom. The molecule has 0 saturated carbocycles. The fraction of sp³-hybridized carbons (Fsp3) is 0.455. The van der Waals surface area contributed by atoms with E-state index in [2.05, 4.69) is 44.3 Å². The molecule has 1 fully saturated rings. The molecule has 0 spiro atoms. The highest BCUT2D eigenvalue weighted by Crippen LogP contribution is 2.37. The molecule has 0 radical (unpaired) electrons. The van der Waals surface area contributed by atoms with Crippen molar-refractivity contribution in [1.29, 1.82) is 0 Å². The first kappa shape index (κ1) is 27.0. The number of benzene rings is 2. The van der Waals surface area contributed by atoms with Gasteiger partial charge in [0.15, 0.2) is 11.5 Å². The number of hydrogen-bond donors (Lipinski definition) is 1. The minimum Gasteiger partial charge on any atom is -0.493 e. The Bertz CT molecular complexity index is 732. The number of halogens is 3. The zero-order valence-corrected chi connectivity index (χ0v) is 20.5. The predicted octanol–water partition coefficient (Wildman–Crippen LogP) is 4.69. The first-order valence-electron chi connectivity index (χ1n) is 9.80. The van der Waals surface area contributed by atoms with Gasteiger partial charge in [0.25, 0.3) is 0 Å². The van der Waals surface area contributed by atoms with E-state index in [0.29, 0.717) is 6.61 Å². The van der Waals surface area contributed by atoms with Crippen LogP contribution in [-0.2, 0) is 17.9 Å². The summed E-state index contributed by atoms with van der Waals surface area (Å²) in [5.41, 5.74) is 2.30. The minimum absolute atomic E-state index is 0. The van der Waals surface area contributed by atoms with Crippen LogP contribution in [0.1, 0.15) is 17.5 Å². The van der Waals surface area contributed by atoms with Crippen LogP contribution in [-0.4, -0.2) is 51.4 Å². The van der Waals surface area contributed by atoms with Gasteiger partial charge in [0.05, 0.1) is 24.8 Å². The molecule has 0 aromatic heterocycles. The van der Waals surface area contributed by atoms with Crippen molar-refractivity contribution in [2.45, 2.75) is 19.6 Å². The van der Waals surface area contributed by atoms with Gasteiger partial charge in [0.2, 0.25) is 0 Å². The number of nitrogens with zero attached hydrogens (tertiary/aromatic N) is 1. The molecular formula is C22H31BrCl2N2O3. The summed E-state index contributed by atoms with van der Waals surface area (Å²) in [5.74, 6) is 1.48. The molecule has 1 heterocycles. The highest BCUT2D eigenvalue weighted by Gasteiger charge is 2.12. The van der Waals surface area contributed by atoms with E-state index in [-0.39, 0.29) is 24.8 Å². The van der Waals surface area contributed by atoms with E-state index in [4.69, 9.17) is 14.2 Å². The summed E-state index contributed by atoms with van der Waals surface area (Å²) < 4.78 is 17.9. The average molecular weight is 522 g/mol. The normalized spacial score (nSPS) is 13.8. The molecule has 168 valence electrons. The molecule has 0 amide bonds. The first-order valence-corrected chi connectivity index (χ1v) is 10.6. The summed E-state index contributed by atoms with van der Waals surface area (Å²) in [7, 11) is 1.68. The summed E-state index contributed by atoms with van der Waals surface area (Å²) in [6.07, 6.45) is 1.14. The highest BCUT2D eigenvalue weighted by atomic mass is 79.9. The fourth-order valence-electron chi connectivity index (χ4n) is 3.23. The molecule has 2 aromatic carbocycles. The summed E-state index contributed by atoms with van der Waals surface area (Å²) in [6.45, 7) is 7.24. The van der Waals surface area contributed by atoms with Crippen LogP contribution in [0.4, 0.5) is 0 Å². The Kier molecular flexibility index (Phi) is 13.4. The maximum atomic E-state index is 6.00. The van der Waals surface area contributed by atoms with Crippen LogP contribution in [0, 0.1) is 0 Å². The van der Waals surface area contributed by atoms with Gasteiger partial charge in [-0.2, -0.15) is 0 Å². The molecule has 30 heavy (non-hydrogen) atoms. The van der Waals surface area contributed by atoms with Gasteiger partial charge in [0.1, 0.15) is 6.61 Å². The second-order valence-corrected chi connectivity index (χ2v) is 7.72. The van der Waals surface area contributed by atoms with E-state index in [0.717, 1.165) is 73.9 Å². The van der Waals surface area contributed by atoms with Gasteiger partial charge < -0.3 is 19.5 Å². The molecule has 0 aliphatic carbocycles. The Hall–Kier alpha value is -1.02. The van der Waals surface area contributed by atoms with Crippen molar-refractivity contribution >= 4 is 40.7 Å². The fourth-order valence-corrected chi connectivity index (χ4v) is 3.83. The lowest BCUT2D eigenvalue weighted by Crippen LogP contribution is -2.37. The largest absolute Gasteiger partial charge is 0.493 e. The van der Waals surface area contributed by atoms with Crippen LogP contribution < -0.4 is 14.8 Å². The Labute approximate surface area is 200 Å². The van der Waals surface area contributed by atoms with E-state index in [1.807, 2.05) is 24.3 Å². The number of methoxy groups -OCH3 is 1. The van der Waals surface area contributed by atoms with Crippen LogP contribution >= 0.6 is 40.7 Å². The van der Waals surface area contributed by atoms with Gasteiger partial charge in [-0.15, -0.1) is 24.8 Å². The van der Waals surface area contributed by atoms with E-state index in [1.54, 1.807) is 7.11 Å². The van der Waals surface area contributed by atoms with Gasteiger partial charge >= 0.3 is 0 Å². The van der Waals surface area contributed by atoms with Gasteiger partial charge in [-0.1, -0.05) is 30.3 Å². The van der Waals surface area contributed by atoms with Crippen LogP contribution in [0.25, 0.3) is 0 Å². The molecule has 0 bridgehead atoms. The number of hydrogen-bond acceptors (Lipinski definition) is 5. The zero-order chi connectivity index (χ0) is 19.6. The van der Waals surface area contributed by atoms with Crippen LogP contribution in [0.5, 0.6) is 11.5 Å². The Morgan fingerprint density at radius 1 is 1.07 bits per heavy atom. The van der Waals surface area contributed by atoms with Crippen molar-refractivity contribution in [3.8, 4) is 11.5 Å². The third-order valence-corrected chi connectivity index (χ3v) is 5.36. The first-order chi connectivity index (χ1) is 13.8. The van der Waals surface area contributed by atoms with E-state index >= 15 is 0 Å². The van der Waals surface area contributed by atoms with Crippen LogP contribution in [0.2, 0.25) is 0 Å². The third kappa shape index (κ3) is 8.61. The molecule has 3 rings (SSSR count). The highest BCUT2D eigenvalue weighted by molar-refractivity contribution is 9.10. The molecule has 0 atom stereocenters. The number of nitrogens with one attached hydrogen (secondary N) is 1. The van der Waals surface area contributed by atoms with Crippen LogP contribution in [0.15, 0.2) is 46.9 Å². The van der Waals surface area contributed by atoms with Crippen molar-refractivity contribution in [1.82, 2.24) is 10.2 Å². The minimum atomic E-state index is 0. The molecule has 8 heteroatoms. The van der Waals surface area contributed by atoms with Gasteiger partial charge in [-0.05, 0) is 58.7 Å². The van der Waals surface area contributed by atoms with E-state index in [9.17, 15) is 0 Å². The SMILES string of the molecule is COc1cc(CNCCCN2CCOCC2)cc(Br)c1OCc1ccccc1.Cl.Cl. The average Bonchev–Trinajstić information content (AvgIpc) is 2.74. The number of ether oxygens (including phenoxy) is 3. The van der Waals surface area contributed by atoms with Gasteiger partial charge in [0, 0.05) is 19.6 Å². The van der Waals surface area contributed by atoms with E-state index < -0.39 is 0 Å². The Balaban J connectivity index is 0.00000225. The van der Waals surface area contributed by atoms with Crippen molar-refractivity contribution in [3.63, 3.8) is 0 Å². The maximum Gasteiger partial charge on any atom is 0.175 e. The third-order valence-electron chi connectivity index (χ3n) is 4.78. The van der Waals surface area contributed by atoms with Crippen molar-refractivity contribution in [2.24, 2.45) is 0 Å². The Morgan fingerprint density at radius 3 is 2.50 bits per heavy atom.